The molecule has 13 heavy (non-hydrogen) atoms. The smallest absolute Gasteiger partial charge is 0.221 e. The van der Waals surface area contributed by atoms with Crippen molar-refractivity contribution in [3.63, 3.8) is 0 Å². The van der Waals surface area contributed by atoms with Crippen LogP contribution in [0.5, 0.6) is 0 Å². The van der Waals surface area contributed by atoms with E-state index in [-0.39, 0.29) is 5.91 Å². The maximum Gasteiger partial charge on any atom is 0.221 e. The van der Waals surface area contributed by atoms with Crippen molar-refractivity contribution in [1.82, 2.24) is 0 Å². The van der Waals surface area contributed by atoms with Gasteiger partial charge in [0.1, 0.15) is 0 Å². The van der Waals surface area contributed by atoms with E-state index in [1.54, 1.807) is 0 Å². The largest absolute Gasteiger partial charge is 0.326 e. The van der Waals surface area contributed by atoms with Crippen molar-refractivity contribution in [2.24, 2.45) is 0 Å². The highest BCUT2D eigenvalue weighted by atomic mass is 16.1. The Morgan fingerprint density at radius 2 is 2.31 bits per heavy atom. The van der Waals surface area contributed by atoms with Gasteiger partial charge in [0, 0.05) is 12.6 Å². The number of benzene rings is 1. The number of carbonyl (C=O) groups is 1. The Morgan fingerprint density at radius 3 is 3.08 bits per heavy atom. The van der Waals surface area contributed by atoms with Crippen molar-refractivity contribution >= 4 is 11.6 Å². The number of carbonyl (C=O) groups excluding carboxylic acids is 1. The molecule has 0 unspecified atom stereocenters. The first-order valence-electron chi connectivity index (χ1n) is 4.49. The third kappa shape index (κ3) is 1.72. The molecule has 1 aliphatic carbocycles. The summed E-state index contributed by atoms with van der Waals surface area (Å²) in [6.07, 6.45) is 4.47. The van der Waals surface area contributed by atoms with Gasteiger partial charge in [-0.15, -0.1) is 0 Å². The highest BCUT2D eigenvalue weighted by molar-refractivity contribution is 5.88. The molecule has 0 saturated heterocycles. The van der Waals surface area contributed by atoms with E-state index in [0.717, 1.165) is 18.5 Å². The Hall–Kier alpha value is -1.31. The number of anilines is 1. The van der Waals surface area contributed by atoms with E-state index in [1.807, 2.05) is 12.1 Å². The Morgan fingerprint density at radius 1 is 1.46 bits per heavy atom. The van der Waals surface area contributed by atoms with Crippen molar-refractivity contribution < 1.29 is 4.79 Å². The Balaban J connectivity index is 2.25. The van der Waals surface area contributed by atoms with Crippen molar-refractivity contribution in [3.8, 4) is 0 Å². The summed E-state index contributed by atoms with van der Waals surface area (Å²) in [5.41, 5.74) is 3.55. The van der Waals surface area contributed by atoms with Crippen molar-refractivity contribution in [3.05, 3.63) is 35.7 Å². The molecule has 1 amide bonds. The third-order valence-corrected chi connectivity index (χ3v) is 2.24. The van der Waals surface area contributed by atoms with Crippen LogP contribution < -0.4 is 5.32 Å². The van der Waals surface area contributed by atoms with Gasteiger partial charge in [-0.2, -0.15) is 0 Å². The summed E-state index contributed by atoms with van der Waals surface area (Å²) in [7, 11) is 0. The van der Waals surface area contributed by atoms with Crippen LogP contribution in [0.3, 0.4) is 0 Å². The highest BCUT2D eigenvalue weighted by Gasteiger charge is 2.10. The molecular formula is C11H12NO. The van der Waals surface area contributed by atoms with Crippen LogP contribution in [0.1, 0.15) is 24.5 Å². The normalized spacial score (nSPS) is 13.9. The molecule has 0 bridgehead atoms. The Labute approximate surface area is 78.0 Å². The fourth-order valence-electron chi connectivity index (χ4n) is 1.68. The molecule has 0 heterocycles. The minimum atomic E-state index is -0.0158. The van der Waals surface area contributed by atoms with Gasteiger partial charge in [0.2, 0.25) is 5.91 Å². The maximum absolute atomic E-state index is 10.8. The molecule has 2 nitrogen and oxygen atoms in total. The van der Waals surface area contributed by atoms with Gasteiger partial charge in [0.25, 0.3) is 0 Å². The van der Waals surface area contributed by atoms with E-state index in [4.69, 9.17) is 0 Å². The number of hydrogen-bond donors (Lipinski definition) is 1. The highest BCUT2D eigenvalue weighted by Crippen LogP contribution is 2.26. The Kier molecular flexibility index (Phi) is 2.05. The lowest BCUT2D eigenvalue weighted by Crippen LogP contribution is -2.05. The van der Waals surface area contributed by atoms with Crippen LogP contribution in [0.4, 0.5) is 5.69 Å². The zero-order valence-electron chi connectivity index (χ0n) is 7.63. The lowest BCUT2D eigenvalue weighted by atomic mass is 10.1. The standard InChI is InChI=1S/C11H12NO/c1-8(13)12-11-6-5-9-3-2-4-10(9)7-11/h4-7H,2-3H2,1H3,(H,12,13). The first-order chi connectivity index (χ1) is 6.25. The van der Waals surface area contributed by atoms with Crippen LogP contribution in [0, 0.1) is 6.42 Å². The predicted octanol–water partition coefficient (Wildman–Crippen LogP) is 2.14. The number of fused-ring (bicyclic) bond motifs is 1. The van der Waals surface area contributed by atoms with E-state index in [0.29, 0.717) is 0 Å². The second-order valence-corrected chi connectivity index (χ2v) is 3.34. The number of aryl methyl sites for hydroxylation is 1. The minimum Gasteiger partial charge on any atom is -0.326 e. The van der Waals surface area contributed by atoms with Crippen LogP contribution in [-0.2, 0) is 11.2 Å². The summed E-state index contributed by atoms with van der Waals surface area (Å²) in [4.78, 5) is 10.8. The van der Waals surface area contributed by atoms with Crippen molar-refractivity contribution in [1.29, 1.82) is 0 Å². The fourth-order valence-corrected chi connectivity index (χ4v) is 1.68. The monoisotopic (exact) mass is 174 g/mol. The zero-order valence-corrected chi connectivity index (χ0v) is 7.63. The minimum absolute atomic E-state index is 0.0158. The van der Waals surface area contributed by atoms with Crippen LogP contribution in [0.25, 0.3) is 0 Å². The van der Waals surface area contributed by atoms with Gasteiger partial charge in [-0.3, -0.25) is 4.79 Å². The molecule has 0 spiro atoms. The second kappa shape index (κ2) is 3.21. The summed E-state index contributed by atoms with van der Waals surface area (Å²) in [6, 6.07) is 6.08. The van der Waals surface area contributed by atoms with Gasteiger partial charge < -0.3 is 5.32 Å². The summed E-state index contributed by atoms with van der Waals surface area (Å²) in [5.74, 6) is -0.0158. The summed E-state index contributed by atoms with van der Waals surface area (Å²) < 4.78 is 0. The summed E-state index contributed by atoms with van der Waals surface area (Å²) in [6.45, 7) is 1.52. The fraction of sp³-hybridized carbons (Fsp3) is 0.273. The summed E-state index contributed by atoms with van der Waals surface area (Å²) in [5, 5.41) is 2.78. The number of amides is 1. The zero-order chi connectivity index (χ0) is 9.26. The molecule has 0 aliphatic heterocycles. The molecule has 2 heteroatoms. The molecule has 67 valence electrons. The molecular weight excluding hydrogens is 162 g/mol. The summed E-state index contributed by atoms with van der Waals surface area (Å²) >= 11 is 0. The first kappa shape index (κ1) is 8.30. The molecule has 1 aromatic rings. The third-order valence-electron chi connectivity index (χ3n) is 2.24. The van der Waals surface area contributed by atoms with Gasteiger partial charge in [-0.1, -0.05) is 6.07 Å². The molecule has 2 rings (SSSR count). The quantitative estimate of drug-likeness (QED) is 0.694. The molecule has 0 fully saturated rings. The van der Waals surface area contributed by atoms with E-state index in [2.05, 4.69) is 17.8 Å². The lowest BCUT2D eigenvalue weighted by molar-refractivity contribution is -0.114. The van der Waals surface area contributed by atoms with E-state index in [9.17, 15) is 4.79 Å². The number of rotatable bonds is 1. The molecule has 1 radical (unpaired) electrons. The van der Waals surface area contributed by atoms with E-state index in [1.165, 1.54) is 18.1 Å². The van der Waals surface area contributed by atoms with Gasteiger partial charge in [0.05, 0.1) is 0 Å². The lowest BCUT2D eigenvalue weighted by Gasteiger charge is -2.04. The van der Waals surface area contributed by atoms with Crippen LogP contribution in [0.15, 0.2) is 18.2 Å². The van der Waals surface area contributed by atoms with Crippen LogP contribution in [0.2, 0.25) is 0 Å². The van der Waals surface area contributed by atoms with E-state index >= 15 is 0 Å². The maximum atomic E-state index is 10.8. The van der Waals surface area contributed by atoms with Gasteiger partial charge in [-0.05, 0) is 42.5 Å². The van der Waals surface area contributed by atoms with Gasteiger partial charge in [-0.25, -0.2) is 0 Å². The topological polar surface area (TPSA) is 29.1 Å². The molecule has 0 saturated carbocycles. The average Bonchev–Trinajstić information content (AvgIpc) is 2.49. The molecule has 0 atom stereocenters. The van der Waals surface area contributed by atoms with Crippen molar-refractivity contribution in [2.45, 2.75) is 19.8 Å². The van der Waals surface area contributed by atoms with Crippen LogP contribution in [-0.4, -0.2) is 5.91 Å². The van der Waals surface area contributed by atoms with Gasteiger partial charge >= 0.3 is 0 Å². The first-order valence-corrected chi connectivity index (χ1v) is 4.49. The predicted molar refractivity (Wildman–Crippen MR) is 52.5 cm³/mol. The SMILES string of the molecule is CC(=O)Nc1ccc2c(c1)[CH]CC2. The van der Waals surface area contributed by atoms with E-state index < -0.39 is 0 Å². The molecule has 1 N–H and O–H groups in total. The van der Waals surface area contributed by atoms with Crippen LogP contribution >= 0.6 is 0 Å². The van der Waals surface area contributed by atoms with Crippen molar-refractivity contribution in [2.75, 3.05) is 5.32 Å². The number of hydrogen-bond acceptors (Lipinski definition) is 1. The Bertz CT molecular complexity index is 344. The second-order valence-electron chi connectivity index (χ2n) is 3.34. The number of nitrogens with one attached hydrogen (secondary N) is 1. The van der Waals surface area contributed by atoms with Gasteiger partial charge in [0.15, 0.2) is 0 Å². The average molecular weight is 174 g/mol. The molecule has 1 aromatic carbocycles. The molecule has 0 aromatic heterocycles. The molecule has 1 aliphatic rings.